The van der Waals surface area contributed by atoms with Gasteiger partial charge in [0.1, 0.15) is 23.2 Å². The summed E-state index contributed by atoms with van der Waals surface area (Å²) in [5.41, 5.74) is 6.86. The molecule has 1 aliphatic rings. The molecule has 1 saturated heterocycles. The van der Waals surface area contributed by atoms with Gasteiger partial charge in [0.15, 0.2) is 5.69 Å². The summed E-state index contributed by atoms with van der Waals surface area (Å²) >= 11 is 0. The van der Waals surface area contributed by atoms with Crippen LogP contribution in [0.15, 0.2) is 59.3 Å². The number of amides is 3. The van der Waals surface area contributed by atoms with Gasteiger partial charge in [-0.2, -0.15) is 0 Å². The van der Waals surface area contributed by atoms with E-state index < -0.39 is 35.4 Å². The van der Waals surface area contributed by atoms with Crippen molar-refractivity contribution < 1.29 is 27.7 Å². The maximum absolute atomic E-state index is 14.3. The lowest BCUT2D eigenvalue weighted by atomic mass is 9.91. The molecule has 0 bridgehead atoms. The maximum Gasteiger partial charge on any atom is 0.271 e. The van der Waals surface area contributed by atoms with Gasteiger partial charge in [0.2, 0.25) is 11.8 Å². The molecular weight excluding hydrogens is 546 g/mol. The van der Waals surface area contributed by atoms with E-state index in [1.165, 1.54) is 12.3 Å². The molecule has 10 nitrogen and oxygen atoms in total. The van der Waals surface area contributed by atoms with Crippen LogP contribution in [0, 0.1) is 18.6 Å². The number of aromatic amines is 1. The molecular formula is C30H30F2N6O4. The van der Waals surface area contributed by atoms with Gasteiger partial charge in [0.05, 0.1) is 29.9 Å². The summed E-state index contributed by atoms with van der Waals surface area (Å²) in [7, 11) is 0. The smallest absolute Gasteiger partial charge is 0.271 e. The fraction of sp³-hybridized carbons (Fsp3) is 0.300. The normalized spacial score (nSPS) is 16.3. The summed E-state index contributed by atoms with van der Waals surface area (Å²) in [6, 6.07) is 12.0. The van der Waals surface area contributed by atoms with Gasteiger partial charge in [-0.25, -0.2) is 13.8 Å². The molecule has 42 heavy (non-hydrogen) atoms. The predicted octanol–water partition coefficient (Wildman–Crippen LogP) is 4.47. The molecule has 2 aromatic heterocycles. The van der Waals surface area contributed by atoms with Crippen molar-refractivity contribution >= 4 is 17.7 Å². The van der Waals surface area contributed by atoms with Gasteiger partial charge in [0.25, 0.3) is 5.91 Å². The lowest BCUT2D eigenvalue weighted by molar-refractivity contribution is -0.135. The number of carbonyl (C=O) groups excluding carboxylic acids is 3. The van der Waals surface area contributed by atoms with Crippen molar-refractivity contribution in [2.24, 2.45) is 5.73 Å². The zero-order chi connectivity index (χ0) is 30.0. The van der Waals surface area contributed by atoms with Gasteiger partial charge >= 0.3 is 0 Å². The summed E-state index contributed by atoms with van der Waals surface area (Å²) in [5.74, 6) is -3.86. The van der Waals surface area contributed by atoms with Crippen LogP contribution in [0.5, 0.6) is 0 Å². The van der Waals surface area contributed by atoms with Crippen LogP contribution in [-0.4, -0.2) is 44.3 Å². The molecule has 0 radical (unpaired) electrons. The van der Waals surface area contributed by atoms with Gasteiger partial charge in [-0.05, 0) is 44.4 Å². The standard InChI is InChI=1S/C30H30F2N6O4/c1-16(29-34-15-23(36-29)20-11-10-19(31)13-22(20)32)35-30(41)21(26-17(2)42-37-27(26)28(33)40)14-25(39)38-12-6-9-24(38)18-7-4-3-5-8-18/h3-5,7-8,10-11,13,15-16,21,24H,6,9,12,14H2,1-2H3,(H2,33,40)(H,34,36)(H,35,41)/t16-,21-,24+/m0/s1. The molecule has 0 unspecified atom stereocenters. The molecule has 0 saturated carbocycles. The number of likely N-dealkylation sites (tertiary alicyclic amines) is 1. The third-order valence-corrected chi connectivity index (χ3v) is 7.53. The average Bonchev–Trinajstić information content (AvgIpc) is 3.72. The number of aromatic nitrogens is 3. The van der Waals surface area contributed by atoms with Crippen LogP contribution in [-0.2, 0) is 9.59 Å². The largest absolute Gasteiger partial charge is 0.364 e. The van der Waals surface area contributed by atoms with Crippen LogP contribution in [0.3, 0.4) is 0 Å². The lowest BCUT2D eigenvalue weighted by Crippen LogP contribution is -2.38. The zero-order valence-electron chi connectivity index (χ0n) is 23.1. The highest BCUT2D eigenvalue weighted by molar-refractivity contribution is 5.97. The Morgan fingerprint density at radius 2 is 1.95 bits per heavy atom. The number of hydrogen-bond acceptors (Lipinski definition) is 6. The lowest BCUT2D eigenvalue weighted by Gasteiger charge is -2.27. The molecule has 12 heteroatoms. The van der Waals surface area contributed by atoms with Gasteiger partial charge in [0, 0.05) is 30.2 Å². The summed E-state index contributed by atoms with van der Waals surface area (Å²) in [6.45, 7) is 3.73. The second-order valence-corrected chi connectivity index (χ2v) is 10.3. The van der Waals surface area contributed by atoms with Crippen molar-refractivity contribution in [2.45, 2.75) is 51.1 Å². The van der Waals surface area contributed by atoms with Crippen molar-refractivity contribution in [2.75, 3.05) is 6.54 Å². The number of imidazole rings is 1. The van der Waals surface area contributed by atoms with Gasteiger partial charge < -0.3 is 25.5 Å². The number of halogens is 2. The number of primary amides is 1. The van der Waals surface area contributed by atoms with E-state index in [4.69, 9.17) is 10.3 Å². The molecule has 3 heterocycles. The van der Waals surface area contributed by atoms with Crippen LogP contribution in [0.2, 0.25) is 0 Å². The first-order valence-corrected chi connectivity index (χ1v) is 13.5. The molecule has 5 rings (SSSR count). The van der Waals surface area contributed by atoms with E-state index in [2.05, 4.69) is 20.4 Å². The second-order valence-electron chi connectivity index (χ2n) is 10.3. The molecule has 1 aliphatic heterocycles. The number of benzene rings is 2. The molecule has 0 spiro atoms. The third kappa shape index (κ3) is 5.78. The van der Waals surface area contributed by atoms with E-state index in [9.17, 15) is 23.2 Å². The minimum absolute atomic E-state index is 0.113. The highest BCUT2D eigenvalue weighted by atomic mass is 19.1. The van der Waals surface area contributed by atoms with Crippen molar-refractivity contribution in [3.8, 4) is 11.3 Å². The third-order valence-electron chi connectivity index (χ3n) is 7.53. The number of aryl methyl sites for hydroxylation is 1. The highest BCUT2D eigenvalue weighted by Gasteiger charge is 2.37. The van der Waals surface area contributed by atoms with Crippen molar-refractivity contribution in [3.05, 3.63) is 94.8 Å². The number of hydrogen-bond donors (Lipinski definition) is 3. The minimum atomic E-state index is -1.14. The summed E-state index contributed by atoms with van der Waals surface area (Å²) in [6.07, 6.45) is 2.72. The minimum Gasteiger partial charge on any atom is -0.364 e. The van der Waals surface area contributed by atoms with Gasteiger partial charge in [-0.15, -0.1) is 0 Å². The number of H-pyrrole nitrogens is 1. The number of nitrogens with zero attached hydrogens (tertiary/aromatic N) is 3. The topological polar surface area (TPSA) is 147 Å². The summed E-state index contributed by atoms with van der Waals surface area (Å²) < 4.78 is 32.9. The molecule has 0 aliphatic carbocycles. The quantitative estimate of drug-likeness (QED) is 0.268. The first kappa shape index (κ1) is 28.7. The van der Waals surface area contributed by atoms with Gasteiger partial charge in [-0.3, -0.25) is 14.4 Å². The predicted molar refractivity (Wildman–Crippen MR) is 148 cm³/mol. The maximum atomic E-state index is 14.3. The molecule has 4 aromatic rings. The Morgan fingerprint density at radius 1 is 1.19 bits per heavy atom. The Hall–Kier alpha value is -4.87. The first-order valence-electron chi connectivity index (χ1n) is 13.5. The van der Waals surface area contributed by atoms with Crippen LogP contribution >= 0.6 is 0 Å². The Bertz CT molecular complexity index is 1620. The molecule has 2 aromatic carbocycles. The Kier molecular flexibility index (Phi) is 8.14. The Morgan fingerprint density at radius 3 is 2.67 bits per heavy atom. The Labute approximate surface area is 240 Å². The van der Waals surface area contributed by atoms with E-state index in [-0.39, 0.29) is 41.0 Å². The molecule has 3 amide bonds. The Balaban J connectivity index is 1.40. The van der Waals surface area contributed by atoms with E-state index in [1.807, 2.05) is 30.3 Å². The van der Waals surface area contributed by atoms with E-state index >= 15 is 0 Å². The van der Waals surface area contributed by atoms with Crippen molar-refractivity contribution in [1.29, 1.82) is 0 Å². The van der Waals surface area contributed by atoms with E-state index in [0.717, 1.165) is 30.5 Å². The van der Waals surface area contributed by atoms with Crippen molar-refractivity contribution in [3.63, 3.8) is 0 Å². The summed E-state index contributed by atoms with van der Waals surface area (Å²) in [4.78, 5) is 48.6. The highest BCUT2D eigenvalue weighted by Crippen LogP contribution is 2.35. The number of nitrogens with two attached hydrogens (primary N) is 1. The summed E-state index contributed by atoms with van der Waals surface area (Å²) in [5, 5.41) is 6.57. The van der Waals surface area contributed by atoms with Crippen LogP contribution in [0.25, 0.3) is 11.3 Å². The van der Waals surface area contributed by atoms with Crippen LogP contribution < -0.4 is 11.1 Å². The van der Waals surface area contributed by atoms with Crippen molar-refractivity contribution in [1.82, 2.24) is 25.3 Å². The SMILES string of the molecule is Cc1onc(C(N)=O)c1[C@H](CC(=O)N1CCC[C@@H]1c1ccccc1)C(=O)N[C@@H](C)c1ncc(-c2ccc(F)cc2F)[nH]1. The van der Waals surface area contributed by atoms with Crippen LogP contribution in [0.1, 0.15) is 77.4 Å². The average molecular weight is 577 g/mol. The second kappa shape index (κ2) is 11.9. The fourth-order valence-corrected chi connectivity index (χ4v) is 5.46. The molecule has 3 atom stereocenters. The van der Waals surface area contributed by atoms with E-state index in [1.54, 1.807) is 18.7 Å². The van der Waals surface area contributed by atoms with Gasteiger partial charge in [-0.1, -0.05) is 35.5 Å². The molecule has 218 valence electrons. The van der Waals surface area contributed by atoms with E-state index in [0.29, 0.717) is 18.1 Å². The number of carbonyl (C=O) groups is 3. The molecule has 1 fully saturated rings. The number of rotatable bonds is 9. The zero-order valence-corrected chi connectivity index (χ0v) is 23.1. The molecule has 4 N–H and O–H groups in total. The fourth-order valence-electron chi connectivity index (χ4n) is 5.46. The number of nitrogens with one attached hydrogen (secondary N) is 2. The first-order chi connectivity index (χ1) is 20.1. The monoisotopic (exact) mass is 576 g/mol. The van der Waals surface area contributed by atoms with Crippen LogP contribution in [0.4, 0.5) is 8.78 Å².